The number of carboxylic acid groups (broad SMARTS) is 1. The number of carbonyl (C=O) groups excluding carboxylic acids is 1. The second-order valence-electron chi connectivity index (χ2n) is 5.39. The number of amides is 2. The molecule has 6 heteroatoms. The second kappa shape index (κ2) is 5.14. The standard InChI is InChI=1S/C12H20N2O4/c1-8(15)10-2-3-13(7-10)12(18)14-5-9(6-14)4-11(16)17/h8-10,15H,2-7H2,1H3,(H,16,17). The van der Waals surface area contributed by atoms with E-state index >= 15 is 0 Å². The van der Waals surface area contributed by atoms with Crippen LogP contribution in [0.1, 0.15) is 19.8 Å². The summed E-state index contributed by atoms with van der Waals surface area (Å²) in [5, 5.41) is 18.1. The summed E-state index contributed by atoms with van der Waals surface area (Å²) in [5.74, 6) is -0.533. The Labute approximate surface area is 106 Å². The Bertz CT molecular complexity index is 339. The van der Waals surface area contributed by atoms with Crippen molar-refractivity contribution in [2.45, 2.75) is 25.9 Å². The number of urea groups is 1. The Balaban J connectivity index is 1.76. The minimum atomic E-state index is -0.803. The first-order chi connectivity index (χ1) is 8.47. The lowest BCUT2D eigenvalue weighted by molar-refractivity contribution is -0.139. The predicted molar refractivity (Wildman–Crippen MR) is 64.1 cm³/mol. The van der Waals surface area contributed by atoms with Crippen LogP contribution < -0.4 is 0 Å². The van der Waals surface area contributed by atoms with Gasteiger partial charge in [-0.15, -0.1) is 0 Å². The SMILES string of the molecule is CC(O)C1CCN(C(=O)N2CC(CC(=O)O)C2)C1. The first kappa shape index (κ1) is 13.1. The molecule has 2 amide bonds. The number of aliphatic hydroxyl groups excluding tert-OH is 1. The van der Waals surface area contributed by atoms with Gasteiger partial charge in [0.1, 0.15) is 0 Å². The molecule has 0 bridgehead atoms. The monoisotopic (exact) mass is 256 g/mol. The van der Waals surface area contributed by atoms with Crippen LogP contribution in [-0.4, -0.2) is 64.3 Å². The lowest BCUT2D eigenvalue weighted by Crippen LogP contribution is -2.55. The summed E-state index contributed by atoms with van der Waals surface area (Å²) < 4.78 is 0. The molecular weight excluding hydrogens is 236 g/mol. The van der Waals surface area contributed by atoms with E-state index in [1.165, 1.54) is 0 Å². The summed E-state index contributed by atoms with van der Waals surface area (Å²) in [4.78, 5) is 26.0. The van der Waals surface area contributed by atoms with Gasteiger partial charge in [0.2, 0.25) is 0 Å². The van der Waals surface area contributed by atoms with Crippen LogP contribution in [-0.2, 0) is 4.79 Å². The topological polar surface area (TPSA) is 81.1 Å². The van der Waals surface area contributed by atoms with Gasteiger partial charge in [0.25, 0.3) is 0 Å². The summed E-state index contributed by atoms with van der Waals surface area (Å²) in [6.07, 6.45) is 0.606. The molecular formula is C12H20N2O4. The van der Waals surface area contributed by atoms with Crippen molar-refractivity contribution < 1.29 is 19.8 Å². The van der Waals surface area contributed by atoms with Crippen molar-refractivity contribution in [2.75, 3.05) is 26.2 Å². The van der Waals surface area contributed by atoms with Gasteiger partial charge in [-0.25, -0.2) is 4.79 Å². The van der Waals surface area contributed by atoms with Gasteiger partial charge >= 0.3 is 12.0 Å². The number of aliphatic carboxylic acids is 1. The van der Waals surface area contributed by atoms with Crippen LogP contribution >= 0.6 is 0 Å². The van der Waals surface area contributed by atoms with E-state index in [-0.39, 0.29) is 30.4 Å². The van der Waals surface area contributed by atoms with Crippen molar-refractivity contribution in [1.82, 2.24) is 9.80 Å². The molecule has 0 aromatic heterocycles. The number of likely N-dealkylation sites (tertiary alicyclic amines) is 2. The first-order valence-corrected chi connectivity index (χ1v) is 6.41. The highest BCUT2D eigenvalue weighted by atomic mass is 16.4. The fourth-order valence-electron chi connectivity index (χ4n) is 2.66. The van der Waals surface area contributed by atoms with Crippen LogP contribution in [0.25, 0.3) is 0 Å². The maximum absolute atomic E-state index is 12.0. The van der Waals surface area contributed by atoms with Crippen molar-refractivity contribution >= 4 is 12.0 Å². The maximum atomic E-state index is 12.0. The number of rotatable bonds is 3. The van der Waals surface area contributed by atoms with E-state index in [0.29, 0.717) is 26.2 Å². The normalized spacial score (nSPS) is 26.0. The zero-order valence-corrected chi connectivity index (χ0v) is 10.6. The summed E-state index contributed by atoms with van der Waals surface area (Å²) >= 11 is 0. The number of aliphatic hydroxyl groups is 1. The predicted octanol–water partition coefficient (Wildman–Crippen LogP) is 0.216. The van der Waals surface area contributed by atoms with Crippen LogP contribution in [0.4, 0.5) is 4.79 Å². The highest BCUT2D eigenvalue weighted by Crippen LogP contribution is 2.25. The van der Waals surface area contributed by atoms with Crippen LogP contribution in [0.15, 0.2) is 0 Å². The number of hydrogen-bond donors (Lipinski definition) is 2. The molecule has 0 saturated carbocycles. The highest BCUT2D eigenvalue weighted by Gasteiger charge is 2.37. The maximum Gasteiger partial charge on any atom is 0.320 e. The molecule has 102 valence electrons. The number of nitrogens with zero attached hydrogens (tertiary/aromatic N) is 2. The smallest absolute Gasteiger partial charge is 0.320 e. The molecule has 2 rings (SSSR count). The third kappa shape index (κ3) is 2.75. The summed E-state index contributed by atoms with van der Waals surface area (Å²) in [5.41, 5.74) is 0. The fourth-order valence-corrected chi connectivity index (χ4v) is 2.66. The molecule has 18 heavy (non-hydrogen) atoms. The van der Waals surface area contributed by atoms with Crippen LogP contribution in [0.2, 0.25) is 0 Å². The van der Waals surface area contributed by atoms with E-state index in [9.17, 15) is 14.7 Å². The van der Waals surface area contributed by atoms with Gasteiger partial charge in [0, 0.05) is 38.0 Å². The summed E-state index contributed by atoms with van der Waals surface area (Å²) in [6.45, 7) is 4.14. The van der Waals surface area contributed by atoms with Crippen LogP contribution in [0.5, 0.6) is 0 Å². The number of carboxylic acids is 1. The Hall–Kier alpha value is -1.30. The Kier molecular flexibility index (Phi) is 3.75. The lowest BCUT2D eigenvalue weighted by atomic mass is 9.97. The van der Waals surface area contributed by atoms with E-state index in [0.717, 1.165) is 6.42 Å². The van der Waals surface area contributed by atoms with Gasteiger partial charge < -0.3 is 20.0 Å². The van der Waals surface area contributed by atoms with Crippen LogP contribution in [0, 0.1) is 11.8 Å². The van der Waals surface area contributed by atoms with Crippen molar-refractivity contribution in [2.24, 2.45) is 11.8 Å². The summed E-state index contributed by atoms with van der Waals surface area (Å²) in [7, 11) is 0. The molecule has 6 nitrogen and oxygen atoms in total. The van der Waals surface area contributed by atoms with Crippen molar-refractivity contribution in [1.29, 1.82) is 0 Å². The van der Waals surface area contributed by atoms with E-state index < -0.39 is 5.97 Å². The molecule has 2 N–H and O–H groups in total. The van der Waals surface area contributed by atoms with Gasteiger partial charge in [0.15, 0.2) is 0 Å². The second-order valence-corrected chi connectivity index (χ2v) is 5.39. The number of hydrogen-bond acceptors (Lipinski definition) is 3. The molecule has 2 unspecified atom stereocenters. The molecule has 2 saturated heterocycles. The molecule has 0 spiro atoms. The van der Waals surface area contributed by atoms with Gasteiger partial charge in [-0.2, -0.15) is 0 Å². The summed E-state index contributed by atoms with van der Waals surface area (Å²) in [6, 6.07) is -0.0141. The Morgan fingerprint density at radius 1 is 1.28 bits per heavy atom. The quantitative estimate of drug-likeness (QED) is 0.756. The number of carbonyl (C=O) groups is 2. The average Bonchev–Trinajstić information content (AvgIpc) is 2.70. The zero-order valence-electron chi connectivity index (χ0n) is 10.6. The van der Waals surface area contributed by atoms with E-state index in [1.807, 2.05) is 0 Å². The van der Waals surface area contributed by atoms with E-state index in [4.69, 9.17) is 5.11 Å². The Morgan fingerprint density at radius 2 is 1.94 bits per heavy atom. The van der Waals surface area contributed by atoms with Gasteiger partial charge in [-0.3, -0.25) is 4.79 Å². The van der Waals surface area contributed by atoms with Gasteiger partial charge in [-0.05, 0) is 13.3 Å². The van der Waals surface area contributed by atoms with E-state index in [1.54, 1.807) is 16.7 Å². The third-order valence-corrected chi connectivity index (χ3v) is 3.87. The molecule has 0 aliphatic carbocycles. The largest absolute Gasteiger partial charge is 0.481 e. The molecule has 2 fully saturated rings. The molecule has 2 atom stereocenters. The first-order valence-electron chi connectivity index (χ1n) is 6.41. The van der Waals surface area contributed by atoms with Crippen molar-refractivity contribution in [3.63, 3.8) is 0 Å². The molecule has 0 aromatic rings. The molecule has 0 radical (unpaired) electrons. The minimum Gasteiger partial charge on any atom is -0.481 e. The van der Waals surface area contributed by atoms with Crippen molar-refractivity contribution in [3.8, 4) is 0 Å². The van der Waals surface area contributed by atoms with Crippen molar-refractivity contribution in [3.05, 3.63) is 0 Å². The van der Waals surface area contributed by atoms with E-state index in [2.05, 4.69) is 0 Å². The minimum absolute atomic E-state index is 0.0141. The lowest BCUT2D eigenvalue weighted by Gasteiger charge is -2.40. The third-order valence-electron chi connectivity index (χ3n) is 3.87. The van der Waals surface area contributed by atoms with Gasteiger partial charge in [-0.1, -0.05) is 0 Å². The molecule has 2 aliphatic rings. The highest BCUT2D eigenvalue weighted by molar-refractivity contribution is 5.76. The average molecular weight is 256 g/mol. The zero-order chi connectivity index (χ0) is 13.3. The molecule has 0 aromatic carbocycles. The fraction of sp³-hybridized carbons (Fsp3) is 0.833. The van der Waals surface area contributed by atoms with Crippen LogP contribution in [0.3, 0.4) is 0 Å². The Morgan fingerprint density at radius 3 is 2.44 bits per heavy atom. The molecule has 2 aliphatic heterocycles. The molecule has 2 heterocycles. The van der Waals surface area contributed by atoms with Gasteiger partial charge in [0.05, 0.1) is 12.5 Å².